The van der Waals surface area contributed by atoms with Gasteiger partial charge in [0.25, 0.3) is 0 Å². The van der Waals surface area contributed by atoms with E-state index in [1.54, 1.807) is 6.08 Å². The predicted octanol–water partition coefficient (Wildman–Crippen LogP) is 6.43. The SMILES string of the molecule is Fc1cc(C#C/C=C/C2CC[SiH](CCCC(F)F)CC2)ccc1C(F)(F)F. The Morgan fingerprint density at radius 1 is 1.19 bits per heavy atom. The van der Waals surface area contributed by atoms with Crippen molar-refractivity contribution in [2.75, 3.05) is 0 Å². The molecule has 1 aromatic carbocycles. The molecule has 1 aliphatic rings. The van der Waals surface area contributed by atoms with Crippen molar-refractivity contribution in [2.24, 2.45) is 5.92 Å². The molecule has 0 saturated carbocycles. The summed E-state index contributed by atoms with van der Waals surface area (Å²) in [5, 5.41) is 0. The van der Waals surface area contributed by atoms with Gasteiger partial charge in [0.1, 0.15) is 5.82 Å². The molecular formula is C20H22F6Si. The molecule has 0 nitrogen and oxygen atoms in total. The van der Waals surface area contributed by atoms with E-state index >= 15 is 0 Å². The van der Waals surface area contributed by atoms with Gasteiger partial charge in [-0.25, -0.2) is 13.2 Å². The van der Waals surface area contributed by atoms with Crippen LogP contribution >= 0.6 is 0 Å². The Morgan fingerprint density at radius 2 is 1.89 bits per heavy atom. The van der Waals surface area contributed by atoms with Gasteiger partial charge in [-0.05, 0) is 43.0 Å². The van der Waals surface area contributed by atoms with Crippen LogP contribution in [0.1, 0.15) is 36.8 Å². The molecule has 0 spiro atoms. The third-order valence-electron chi connectivity index (χ3n) is 4.87. The van der Waals surface area contributed by atoms with Gasteiger partial charge >= 0.3 is 6.18 Å². The fourth-order valence-electron chi connectivity index (χ4n) is 3.36. The van der Waals surface area contributed by atoms with Crippen molar-refractivity contribution in [3.63, 3.8) is 0 Å². The molecule has 0 bridgehead atoms. The van der Waals surface area contributed by atoms with Crippen molar-refractivity contribution in [1.29, 1.82) is 0 Å². The molecule has 148 valence electrons. The molecule has 7 heteroatoms. The average Bonchev–Trinajstić information content (AvgIpc) is 2.58. The molecule has 0 atom stereocenters. The summed E-state index contributed by atoms with van der Waals surface area (Å²) in [6.45, 7) is 0. The maximum absolute atomic E-state index is 13.5. The van der Waals surface area contributed by atoms with Crippen LogP contribution in [0.5, 0.6) is 0 Å². The predicted molar refractivity (Wildman–Crippen MR) is 97.0 cm³/mol. The molecule has 27 heavy (non-hydrogen) atoms. The van der Waals surface area contributed by atoms with Crippen LogP contribution < -0.4 is 0 Å². The van der Waals surface area contributed by atoms with Crippen LogP contribution in [0.4, 0.5) is 26.3 Å². The second-order valence-electron chi connectivity index (χ2n) is 6.92. The molecule has 0 N–H and O–H groups in total. The second-order valence-corrected chi connectivity index (χ2v) is 10.4. The van der Waals surface area contributed by atoms with Gasteiger partial charge in [-0.1, -0.05) is 42.5 Å². The van der Waals surface area contributed by atoms with E-state index in [1.165, 1.54) is 0 Å². The van der Waals surface area contributed by atoms with Crippen LogP contribution in [0.2, 0.25) is 18.1 Å². The van der Waals surface area contributed by atoms with E-state index in [-0.39, 0.29) is 12.0 Å². The van der Waals surface area contributed by atoms with Gasteiger partial charge in [-0.15, -0.1) is 0 Å². The molecule has 0 unspecified atom stereocenters. The largest absolute Gasteiger partial charge is 0.419 e. The molecule has 0 radical (unpaired) electrons. The summed E-state index contributed by atoms with van der Waals surface area (Å²) in [6, 6.07) is 5.93. The first-order valence-corrected chi connectivity index (χ1v) is 11.5. The van der Waals surface area contributed by atoms with Crippen molar-refractivity contribution in [3.05, 3.63) is 47.3 Å². The lowest BCUT2D eigenvalue weighted by Gasteiger charge is -2.25. The van der Waals surface area contributed by atoms with Gasteiger partial charge < -0.3 is 0 Å². The van der Waals surface area contributed by atoms with E-state index in [0.29, 0.717) is 18.4 Å². The van der Waals surface area contributed by atoms with E-state index in [2.05, 4.69) is 11.8 Å². The Labute approximate surface area is 157 Å². The number of hydrogen-bond donors (Lipinski definition) is 0. The molecule has 0 amide bonds. The van der Waals surface area contributed by atoms with Crippen LogP contribution in [0.15, 0.2) is 30.4 Å². The number of alkyl halides is 5. The summed E-state index contributed by atoms with van der Waals surface area (Å²) in [4.78, 5) is 0. The highest BCUT2D eigenvalue weighted by molar-refractivity contribution is 6.58. The lowest BCUT2D eigenvalue weighted by atomic mass is 10.0. The third kappa shape index (κ3) is 7.45. The monoisotopic (exact) mass is 404 g/mol. The Morgan fingerprint density at radius 3 is 2.48 bits per heavy atom. The minimum Gasteiger partial charge on any atom is -0.211 e. The van der Waals surface area contributed by atoms with Gasteiger partial charge in [0, 0.05) is 20.8 Å². The highest BCUT2D eigenvalue weighted by Gasteiger charge is 2.33. The lowest BCUT2D eigenvalue weighted by molar-refractivity contribution is -0.140. The summed E-state index contributed by atoms with van der Waals surface area (Å²) >= 11 is 0. The zero-order valence-electron chi connectivity index (χ0n) is 14.8. The van der Waals surface area contributed by atoms with Gasteiger partial charge in [-0.2, -0.15) is 13.2 Å². The normalized spacial score (nSPS) is 20.7. The Hall–Kier alpha value is -1.68. The molecule has 1 saturated heterocycles. The first-order valence-electron chi connectivity index (χ1n) is 9.09. The van der Waals surface area contributed by atoms with Gasteiger partial charge in [0.15, 0.2) is 0 Å². The summed E-state index contributed by atoms with van der Waals surface area (Å²) in [7, 11) is -0.875. The standard InChI is InChI=1S/C20H22F6Si/c21-18-14-16(7-8-17(18)20(24,25)26)5-2-1-4-15-9-12-27(13-10-15)11-3-6-19(22)23/h1,4,7-8,14-15,19,27H,3,6,9-13H2/b4-1+. The van der Waals surface area contributed by atoms with Crippen LogP contribution in [-0.4, -0.2) is 15.2 Å². The summed E-state index contributed by atoms with van der Waals surface area (Å²) in [5.41, 5.74) is -1.10. The highest BCUT2D eigenvalue weighted by Crippen LogP contribution is 2.31. The minimum absolute atomic E-state index is 0.00691. The lowest BCUT2D eigenvalue weighted by Crippen LogP contribution is -2.20. The smallest absolute Gasteiger partial charge is 0.211 e. The first-order chi connectivity index (χ1) is 12.8. The average molecular weight is 404 g/mol. The Balaban J connectivity index is 1.80. The van der Waals surface area contributed by atoms with Crippen molar-refractivity contribution in [1.82, 2.24) is 0 Å². The fourth-order valence-corrected chi connectivity index (χ4v) is 6.84. The third-order valence-corrected chi connectivity index (χ3v) is 8.39. The number of halogens is 6. The summed E-state index contributed by atoms with van der Waals surface area (Å²) < 4.78 is 75.3. The maximum Gasteiger partial charge on any atom is 0.419 e. The van der Waals surface area contributed by atoms with Crippen molar-refractivity contribution >= 4 is 8.80 Å². The fraction of sp³-hybridized carbons (Fsp3) is 0.500. The van der Waals surface area contributed by atoms with E-state index in [4.69, 9.17) is 0 Å². The van der Waals surface area contributed by atoms with E-state index in [9.17, 15) is 26.3 Å². The van der Waals surface area contributed by atoms with E-state index < -0.39 is 32.8 Å². The Bertz CT molecular complexity index is 691. The van der Waals surface area contributed by atoms with Crippen LogP contribution in [0.25, 0.3) is 0 Å². The molecule has 2 rings (SSSR count). The topological polar surface area (TPSA) is 0 Å². The number of rotatable bonds is 5. The number of allylic oxidation sites excluding steroid dienone is 2. The van der Waals surface area contributed by atoms with Crippen LogP contribution in [-0.2, 0) is 6.18 Å². The maximum atomic E-state index is 13.5. The van der Waals surface area contributed by atoms with Gasteiger partial charge in [-0.3, -0.25) is 0 Å². The van der Waals surface area contributed by atoms with Crippen LogP contribution in [0, 0.1) is 23.6 Å². The molecular weight excluding hydrogens is 382 g/mol. The molecule has 0 aliphatic carbocycles. The summed E-state index contributed by atoms with van der Waals surface area (Å²) in [5.74, 6) is 4.47. The molecule has 1 aromatic rings. The first kappa shape index (κ1) is 21.6. The molecule has 0 aromatic heterocycles. The van der Waals surface area contributed by atoms with Crippen LogP contribution in [0.3, 0.4) is 0 Å². The van der Waals surface area contributed by atoms with Gasteiger partial charge in [0.05, 0.1) is 5.56 Å². The number of benzene rings is 1. The molecule has 1 fully saturated rings. The van der Waals surface area contributed by atoms with Gasteiger partial charge in [0.2, 0.25) is 6.43 Å². The zero-order chi connectivity index (χ0) is 19.9. The van der Waals surface area contributed by atoms with Crippen molar-refractivity contribution < 1.29 is 26.3 Å². The minimum atomic E-state index is -4.71. The van der Waals surface area contributed by atoms with Crippen molar-refractivity contribution in [3.8, 4) is 11.8 Å². The quantitative estimate of drug-likeness (QED) is 0.301. The zero-order valence-corrected chi connectivity index (χ0v) is 16.0. The molecule has 1 aliphatic heterocycles. The summed E-state index contributed by atoms with van der Waals surface area (Å²) in [6.07, 6.45) is -0.544. The Kier molecular flexibility index (Phi) is 8.02. The second kappa shape index (κ2) is 10.0. The number of hydrogen-bond acceptors (Lipinski definition) is 0. The molecule has 1 heterocycles. The highest BCUT2D eigenvalue weighted by atomic mass is 28.3. The van der Waals surface area contributed by atoms with E-state index in [1.807, 2.05) is 6.08 Å². The van der Waals surface area contributed by atoms with E-state index in [0.717, 1.165) is 43.1 Å². The van der Waals surface area contributed by atoms with Crippen molar-refractivity contribution in [2.45, 2.75) is 56.4 Å².